The summed E-state index contributed by atoms with van der Waals surface area (Å²) in [6.07, 6.45) is -1.11. The fraction of sp³-hybridized carbons (Fsp3) is 0.273. The summed E-state index contributed by atoms with van der Waals surface area (Å²) in [5.74, 6) is -2.68. The Bertz CT molecular complexity index is 1100. The van der Waals surface area contributed by atoms with Crippen LogP contribution in [0.1, 0.15) is 30.1 Å². The molecule has 1 N–H and O–H groups in total. The average Bonchev–Trinajstić information content (AvgIpc) is 2.92. The van der Waals surface area contributed by atoms with Gasteiger partial charge in [-0.15, -0.1) is 0 Å². The fourth-order valence-corrected chi connectivity index (χ4v) is 4.70. The van der Waals surface area contributed by atoms with Crippen molar-refractivity contribution in [3.63, 3.8) is 0 Å². The molecule has 0 amide bonds. The fourth-order valence-electron chi connectivity index (χ4n) is 4.57. The zero-order valence-corrected chi connectivity index (χ0v) is 16.1. The van der Waals surface area contributed by atoms with E-state index in [1.807, 2.05) is 18.2 Å². The SMILES string of the molecule is CC12OC(=N)C(C#N)(C1c1ccccc1)C(C#N)(C#N)C(c1ccc(Cl)cc1)O2. The Hall–Kier alpha value is -3.37. The van der Waals surface area contributed by atoms with Crippen molar-refractivity contribution in [1.29, 1.82) is 21.2 Å². The Kier molecular flexibility index (Phi) is 4.14. The lowest BCUT2D eigenvalue weighted by Gasteiger charge is -2.48. The molecular formula is C22H15ClN4O2. The number of benzene rings is 2. The van der Waals surface area contributed by atoms with E-state index in [-0.39, 0.29) is 0 Å². The first kappa shape index (κ1) is 19.0. The molecule has 2 saturated heterocycles. The zero-order chi connectivity index (χ0) is 20.9. The van der Waals surface area contributed by atoms with Crippen LogP contribution >= 0.6 is 11.6 Å². The molecule has 2 aliphatic rings. The van der Waals surface area contributed by atoms with E-state index in [4.69, 9.17) is 26.5 Å². The summed E-state index contributed by atoms with van der Waals surface area (Å²) < 4.78 is 12.0. The third-order valence-corrected chi connectivity index (χ3v) is 6.07. The van der Waals surface area contributed by atoms with Crippen LogP contribution in [-0.2, 0) is 9.47 Å². The first-order valence-corrected chi connectivity index (χ1v) is 9.26. The summed E-state index contributed by atoms with van der Waals surface area (Å²) in [6, 6.07) is 21.7. The van der Waals surface area contributed by atoms with Gasteiger partial charge in [-0.05, 0) is 23.3 Å². The second kappa shape index (κ2) is 6.33. The molecule has 6 nitrogen and oxygen atoms in total. The molecular weight excluding hydrogens is 388 g/mol. The van der Waals surface area contributed by atoms with E-state index < -0.39 is 34.5 Å². The number of ether oxygens (including phenoxy) is 2. The van der Waals surface area contributed by atoms with Gasteiger partial charge in [-0.1, -0.05) is 54.1 Å². The maximum Gasteiger partial charge on any atom is 0.218 e. The number of fused-ring (bicyclic) bond motifs is 2. The van der Waals surface area contributed by atoms with Crippen LogP contribution < -0.4 is 0 Å². The van der Waals surface area contributed by atoms with Crippen LogP contribution in [0, 0.1) is 50.2 Å². The monoisotopic (exact) mass is 402 g/mol. The Labute approximate surface area is 173 Å². The quantitative estimate of drug-likeness (QED) is 0.796. The molecule has 0 spiro atoms. The second-order valence-corrected chi connectivity index (χ2v) is 7.73. The van der Waals surface area contributed by atoms with Crippen molar-refractivity contribution in [1.82, 2.24) is 0 Å². The largest absolute Gasteiger partial charge is 0.447 e. The van der Waals surface area contributed by atoms with Crippen LogP contribution in [0.25, 0.3) is 0 Å². The van der Waals surface area contributed by atoms with Gasteiger partial charge in [0.2, 0.25) is 17.1 Å². The second-order valence-electron chi connectivity index (χ2n) is 7.29. The zero-order valence-electron chi connectivity index (χ0n) is 15.4. The Morgan fingerprint density at radius 2 is 1.55 bits per heavy atom. The molecule has 4 rings (SSSR count). The molecule has 2 aliphatic heterocycles. The highest BCUT2D eigenvalue weighted by molar-refractivity contribution is 6.30. The highest BCUT2D eigenvalue weighted by Gasteiger charge is 2.79. The van der Waals surface area contributed by atoms with Crippen molar-refractivity contribution in [2.24, 2.45) is 10.8 Å². The van der Waals surface area contributed by atoms with Crippen molar-refractivity contribution in [3.05, 3.63) is 70.7 Å². The number of nitrogens with one attached hydrogen (secondary N) is 1. The molecule has 2 fully saturated rings. The Balaban J connectivity index is 2.03. The van der Waals surface area contributed by atoms with Gasteiger partial charge in [-0.25, -0.2) is 0 Å². The number of halogens is 1. The highest BCUT2D eigenvalue weighted by Crippen LogP contribution is 2.69. The summed E-state index contributed by atoms with van der Waals surface area (Å²) in [6.45, 7) is 1.64. The first-order chi connectivity index (χ1) is 13.9. The van der Waals surface area contributed by atoms with Crippen LogP contribution in [-0.4, -0.2) is 11.7 Å². The average molecular weight is 403 g/mol. The number of rotatable bonds is 2. The third kappa shape index (κ3) is 2.26. The van der Waals surface area contributed by atoms with E-state index in [0.717, 1.165) is 0 Å². The van der Waals surface area contributed by atoms with Gasteiger partial charge >= 0.3 is 0 Å². The molecule has 2 aromatic carbocycles. The molecule has 29 heavy (non-hydrogen) atoms. The molecule has 2 heterocycles. The summed E-state index contributed by atoms with van der Waals surface area (Å²) in [5, 5.41) is 39.8. The lowest BCUT2D eigenvalue weighted by atomic mass is 9.52. The minimum atomic E-state index is -2.01. The van der Waals surface area contributed by atoms with E-state index >= 15 is 0 Å². The lowest BCUT2D eigenvalue weighted by molar-refractivity contribution is -0.253. The van der Waals surface area contributed by atoms with Crippen LogP contribution in [0.4, 0.5) is 0 Å². The Morgan fingerprint density at radius 1 is 0.931 bits per heavy atom. The molecule has 0 aromatic heterocycles. The molecule has 142 valence electrons. The predicted molar refractivity (Wildman–Crippen MR) is 103 cm³/mol. The molecule has 0 saturated carbocycles. The maximum atomic E-state index is 10.3. The van der Waals surface area contributed by atoms with E-state index in [1.54, 1.807) is 55.5 Å². The molecule has 0 aliphatic carbocycles. The van der Waals surface area contributed by atoms with Gasteiger partial charge in [0, 0.05) is 11.9 Å². The Morgan fingerprint density at radius 3 is 2.10 bits per heavy atom. The van der Waals surface area contributed by atoms with Crippen molar-refractivity contribution in [2.45, 2.75) is 24.7 Å². The van der Waals surface area contributed by atoms with Crippen LogP contribution in [0.3, 0.4) is 0 Å². The van der Waals surface area contributed by atoms with Gasteiger partial charge in [0.25, 0.3) is 0 Å². The van der Waals surface area contributed by atoms with Gasteiger partial charge in [-0.3, -0.25) is 5.41 Å². The summed E-state index contributed by atoms with van der Waals surface area (Å²) in [4.78, 5) is 0. The van der Waals surface area contributed by atoms with Crippen molar-refractivity contribution >= 4 is 17.5 Å². The summed E-state index contributed by atoms with van der Waals surface area (Å²) >= 11 is 5.99. The minimum Gasteiger partial charge on any atom is -0.447 e. The number of nitrogens with zero attached hydrogens (tertiary/aromatic N) is 3. The minimum absolute atomic E-state index is 0.434. The molecule has 2 aromatic rings. The summed E-state index contributed by atoms with van der Waals surface area (Å²) in [5.41, 5.74) is -2.70. The first-order valence-electron chi connectivity index (χ1n) is 8.88. The highest BCUT2D eigenvalue weighted by atomic mass is 35.5. The van der Waals surface area contributed by atoms with E-state index in [2.05, 4.69) is 6.07 Å². The van der Waals surface area contributed by atoms with Crippen LogP contribution in [0.2, 0.25) is 5.02 Å². The normalized spacial score (nSPS) is 31.8. The maximum absolute atomic E-state index is 10.3. The predicted octanol–water partition coefficient (Wildman–Crippen LogP) is 4.46. The molecule has 2 bridgehead atoms. The number of hydrogen-bond donors (Lipinski definition) is 1. The van der Waals surface area contributed by atoms with Crippen LogP contribution in [0.5, 0.6) is 0 Å². The van der Waals surface area contributed by atoms with Gasteiger partial charge in [0.05, 0.1) is 24.1 Å². The number of hydrogen-bond acceptors (Lipinski definition) is 6. The summed E-state index contributed by atoms with van der Waals surface area (Å²) in [7, 11) is 0. The van der Waals surface area contributed by atoms with E-state index in [0.29, 0.717) is 16.1 Å². The topological polar surface area (TPSA) is 114 Å². The molecule has 0 radical (unpaired) electrons. The number of nitriles is 3. The van der Waals surface area contributed by atoms with Gasteiger partial charge < -0.3 is 9.47 Å². The smallest absolute Gasteiger partial charge is 0.218 e. The van der Waals surface area contributed by atoms with Crippen molar-refractivity contribution < 1.29 is 9.47 Å². The van der Waals surface area contributed by atoms with E-state index in [1.165, 1.54) is 0 Å². The van der Waals surface area contributed by atoms with Crippen molar-refractivity contribution in [2.75, 3.05) is 0 Å². The van der Waals surface area contributed by atoms with Crippen LogP contribution in [0.15, 0.2) is 54.6 Å². The molecule has 4 unspecified atom stereocenters. The van der Waals surface area contributed by atoms with E-state index in [9.17, 15) is 15.8 Å². The molecule has 4 atom stereocenters. The lowest BCUT2D eigenvalue weighted by Crippen LogP contribution is -2.57. The third-order valence-electron chi connectivity index (χ3n) is 5.82. The van der Waals surface area contributed by atoms with Gasteiger partial charge in [0.1, 0.15) is 6.10 Å². The molecule has 7 heteroatoms. The van der Waals surface area contributed by atoms with Gasteiger partial charge in [-0.2, -0.15) is 15.8 Å². The van der Waals surface area contributed by atoms with Crippen molar-refractivity contribution in [3.8, 4) is 18.2 Å². The standard InChI is InChI=1S/C22H15ClN4O2/c1-20-17(14-5-3-2-4-6-14)22(13-26,19(27)29-20)21(11-24,12-25)18(28-20)15-7-9-16(23)10-8-15/h2-10,17-18,27H,1H3. The van der Waals surface area contributed by atoms with Gasteiger partial charge in [0.15, 0.2) is 5.41 Å².